The van der Waals surface area contributed by atoms with Gasteiger partial charge in [0.1, 0.15) is 5.75 Å². The monoisotopic (exact) mass is 472 g/mol. The van der Waals surface area contributed by atoms with E-state index < -0.39 is 5.97 Å². The molecule has 5 aromatic rings. The largest absolute Gasteiger partial charge is 0.422 e. The Morgan fingerprint density at radius 3 is 2.22 bits per heavy atom. The number of rotatable bonds is 6. The van der Waals surface area contributed by atoms with Crippen molar-refractivity contribution in [3.63, 3.8) is 0 Å². The van der Waals surface area contributed by atoms with E-state index in [4.69, 9.17) is 4.74 Å². The van der Waals surface area contributed by atoms with Crippen LogP contribution < -0.4 is 10.2 Å². The number of hydrazone groups is 1. The molecule has 0 saturated carbocycles. The van der Waals surface area contributed by atoms with Crippen LogP contribution in [0.3, 0.4) is 0 Å². The van der Waals surface area contributed by atoms with E-state index in [9.17, 15) is 9.59 Å². The summed E-state index contributed by atoms with van der Waals surface area (Å²) in [5.41, 5.74) is 5.67. The van der Waals surface area contributed by atoms with Gasteiger partial charge < -0.3 is 4.74 Å². The fourth-order valence-corrected chi connectivity index (χ4v) is 4.17. The van der Waals surface area contributed by atoms with Crippen LogP contribution in [0.1, 0.15) is 27.0 Å². The lowest BCUT2D eigenvalue weighted by Crippen LogP contribution is -2.20. The highest BCUT2D eigenvalue weighted by Gasteiger charge is 2.14. The van der Waals surface area contributed by atoms with Crippen LogP contribution in [0.15, 0.2) is 108 Å². The number of fused-ring (bicyclic) bond motifs is 2. The van der Waals surface area contributed by atoms with E-state index >= 15 is 0 Å². The van der Waals surface area contributed by atoms with Gasteiger partial charge >= 0.3 is 5.97 Å². The van der Waals surface area contributed by atoms with Crippen LogP contribution in [0.25, 0.3) is 21.5 Å². The Kier molecular flexibility index (Phi) is 6.54. The number of nitrogens with one attached hydrogen (secondary N) is 1. The highest BCUT2D eigenvalue weighted by molar-refractivity contribution is 6.04. The molecular formula is C31H24N2O3. The van der Waals surface area contributed by atoms with Crippen LogP contribution in [0.5, 0.6) is 5.75 Å². The summed E-state index contributed by atoms with van der Waals surface area (Å²) in [7, 11) is 0. The zero-order chi connectivity index (χ0) is 24.9. The maximum Gasteiger partial charge on any atom is 0.343 e. The summed E-state index contributed by atoms with van der Waals surface area (Å²) in [6, 6.07) is 32.5. The molecule has 0 radical (unpaired) electrons. The predicted molar refractivity (Wildman–Crippen MR) is 143 cm³/mol. The number of nitrogens with zero attached hydrogens (tertiary/aromatic N) is 1. The molecule has 0 aliphatic heterocycles. The van der Waals surface area contributed by atoms with Crippen molar-refractivity contribution in [2.75, 3.05) is 0 Å². The van der Waals surface area contributed by atoms with Gasteiger partial charge in [0, 0.05) is 5.56 Å². The molecule has 0 heterocycles. The average molecular weight is 473 g/mol. The zero-order valence-corrected chi connectivity index (χ0v) is 19.8. The fourth-order valence-electron chi connectivity index (χ4n) is 4.17. The molecule has 5 rings (SSSR count). The van der Waals surface area contributed by atoms with Crippen LogP contribution in [0.4, 0.5) is 0 Å². The highest BCUT2D eigenvalue weighted by Crippen LogP contribution is 2.27. The molecule has 1 N–H and O–H groups in total. The first-order valence-electron chi connectivity index (χ1n) is 11.7. The number of benzene rings is 5. The number of hydrogen-bond acceptors (Lipinski definition) is 4. The van der Waals surface area contributed by atoms with Crippen molar-refractivity contribution in [1.82, 2.24) is 5.43 Å². The first-order valence-corrected chi connectivity index (χ1v) is 11.7. The minimum Gasteiger partial charge on any atom is -0.422 e. The van der Waals surface area contributed by atoms with Crippen molar-refractivity contribution in [1.29, 1.82) is 0 Å². The second-order valence-electron chi connectivity index (χ2n) is 8.56. The van der Waals surface area contributed by atoms with Crippen LogP contribution >= 0.6 is 0 Å². The van der Waals surface area contributed by atoms with Gasteiger partial charge in [-0.05, 0) is 52.2 Å². The quantitative estimate of drug-likeness (QED) is 0.138. The number of carbonyl (C=O) groups is 2. The van der Waals surface area contributed by atoms with E-state index in [-0.39, 0.29) is 12.3 Å². The highest BCUT2D eigenvalue weighted by atomic mass is 16.5. The summed E-state index contributed by atoms with van der Waals surface area (Å²) in [5.74, 6) is -0.327. The molecule has 0 aliphatic carbocycles. The number of esters is 1. The summed E-state index contributed by atoms with van der Waals surface area (Å²) in [6.45, 7) is 1.96. The van der Waals surface area contributed by atoms with Gasteiger partial charge in [0.15, 0.2) is 0 Å². The summed E-state index contributed by atoms with van der Waals surface area (Å²) in [6.07, 6.45) is 1.73. The van der Waals surface area contributed by atoms with Gasteiger partial charge in [-0.1, -0.05) is 90.5 Å². The first kappa shape index (κ1) is 23.0. The molecule has 1 amide bonds. The van der Waals surface area contributed by atoms with E-state index in [2.05, 4.69) is 10.5 Å². The lowest BCUT2D eigenvalue weighted by Gasteiger charge is -2.11. The van der Waals surface area contributed by atoms with Gasteiger partial charge in [0.25, 0.3) is 0 Å². The molecule has 0 bridgehead atoms. The SMILES string of the molecule is Cc1ccc(C(=O)Oc2ccc3ccccc3c2C=NNC(=O)Cc2cccc3ccccc23)cc1. The van der Waals surface area contributed by atoms with Gasteiger partial charge in [0.05, 0.1) is 18.2 Å². The van der Waals surface area contributed by atoms with E-state index in [1.54, 1.807) is 18.2 Å². The Bertz CT molecular complexity index is 1600. The number of hydrogen-bond donors (Lipinski definition) is 1. The molecule has 176 valence electrons. The number of amides is 1. The van der Waals surface area contributed by atoms with Crippen LogP contribution in [-0.2, 0) is 11.2 Å². The van der Waals surface area contributed by atoms with Gasteiger partial charge in [-0.2, -0.15) is 5.10 Å². The van der Waals surface area contributed by atoms with Gasteiger partial charge in [-0.3, -0.25) is 4.79 Å². The Hall–Kier alpha value is -4.77. The smallest absolute Gasteiger partial charge is 0.343 e. The molecule has 0 aliphatic rings. The molecule has 5 aromatic carbocycles. The molecule has 0 spiro atoms. The number of carbonyl (C=O) groups excluding carboxylic acids is 2. The molecular weight excluding hydrogens is 448 g/mol. The molecule has 36 heavy (non-hydrogen) atoms. The maximum absolute atomic E-state index is 12.8. The lowest BCUT2D eigenvalue weighted by molar-refractivity contribution is -0.120. The Labute approximate surface area is 209 Å². The van der Waals surface area contributed by atoms with Gasteiger partial charge in [-0.15, -0.1) is 0 Å². The molecule has 0 saturated heterocycles. The maximum atomic E-state index is 12.8. The van der Waals surface area contributed by atoms with Crippen molar-refractivity contribution in [3.8, 4) is 5.75 Å². The third kappa shape index (κ3) is 5.00. The molecule has 5 heteroatoms. The van der Waals surface area contributed by atoms with Crippen molar-refractivity contribution < 1.29 is 14.3 Å². The van der Waals surface area contributed by atoms with Crippen molar-refractivity contribution in [2.24, 2.45) is 5.10 Å². The molecule has 0 atom stereocenters. The summed E-state index contributed by atoms with van der Waals surface area (Å²) < 4.78 is 5.74. The first-order chi connectivity index (χ1) is 17.6. The second-order valence-corrected chi connectivity index (χ2v) is 8.56. The minimum absolute atomic E-state index is 0.198. The lowest BCUT2D eigenvalue weighted by atomic mass is 10.0. The third-order valence-corrected chi connectivity index (χ3v) is 6.03. The minimum atomic E-state index is -0.458. The van der Waals surface area contributed by atoms with E-state index in [0.29, 0.717) is 16.9 Å². The van der Waals surface area contributed by atoms with Gasteiger partial charge in [-0.25, -0.2) is 10.2 Å². The molecule has 0 aromatic heterocycles. The second kappa shape index (κ2) is 10.2. The Morgan fingerprint density at radius 2 is 1.44 bits per heavy atom. The van der Waals surface area contributed by atoms with E-state index in [1.807, 2.05) is 91.9 Å². The number of ether oxygens (including phenoxy) is 1. The standard InChI is InChI=1S/C31H24N2O3/c1-21-13-15-24(16-14-21)31(35)36-29-18-17-23-8-3-5-12-27(23)28(29)20-32-33-30(34)19-25-10-6-9-22-7-2-4-11-26(22)25/h2-18,20H,19H2,1H3,(H,33,34). The molecule has 0 fully saturated rings. The molecule has 5 nitrogen and oxygen atoms in total. The van der Waals surface area contributed by atoms with Crippen LogP contribution in [-0.4, -0.2) is 18.1 Å². The Balaban J connectivity index is 1.38. The van der Waals surface area contributed by atoms with Crippen molar-refractivity contribution in [3.05, 3.63) is 125 Å². The van der Waals surface area contributed by atoms with Crippen molar-refractivity contribution in [2.45, 2.75) is 13.3 Å². The average Bonchev–Trinajstić information content (AvgIpc) is 2.90. The Morgan fingerprint density at radius 1 is 0.778 bits per heavy atom. The topological polar surface area (TPSA) is 67.8 Å². The predicted octanol–water partition coefficient (Wildman–Crippen LogP) is 6.21. The summed E-state index contributed by atoms with van der Waals surface area (Å²) in [4.78, 5) is 25.4. The van der Waals surface area contributed by atoms with Gasteiger partial charge in [0.2, 0.25) is 5.91 Å². The third-order valence-electron chi connectivity index (χ3n) is 6.03. The van der Waals surface area contributed by atoms with Crippen LogP contribution in [0, 0.1) is 6.92 Å². The summed E-state index contributed by atoms with van der Waals surface area (Å²) in [5, 5.41) is 8.16. The van der Waals surface area contributed by atoms with E-state index in [1.165, 1.54) is 6.21 Å². The summed E-state index contributed by atoms with van der Waals surface area (Å²) >= 11 is 0. The zero-order valence-electron chi connectivity index (χ0n) is 19.8. The van der Waals surface area contributed by atoms with Crippen LogP contribution in [0.2, 0.25) is 0 Å². The normalized spacial score (nSPS) is 11.1. The number of aryl methyl sites for hydroxylation is 1. The van der Waals surface area contributed by atoms with E-state index in [0.717, 1.165) is 32.7 Å². The fraction of sp³-hybridized carbons (Fsp3) is 0.0645. The van der Waals surface area contributed by atoms with Crippen molar-refractivity contribution >= 4 is 39.6 Å². The molecule has 0 unspecified atom stereocenters.